The number of benzene rings is 2. The van der Waals surface area contributed by atoms with Gasteiger partial charge in [-0.15, -0.1) is 0 Å². The van der Waals surface area contributed by atoms with Crippen molar-refractivity contribution in [2.75, 3.05) is 38.2 Å². The second kappa shape index (κ2) is 8.59. The van der Waals surface area contributed by atoms with E-state index in [2.05, 4.69) is 39.0 Å². The van der Waals surface area contributed by atoms with Crippen LogP contribution in [-0.2, 0) is 29.4 Å². The Hall–Kier alpha value is -2.63. The Labute approximate surface area is 165 Å². The van der Waals surface area contributed by atoms with Gasteiger partial charge in [0.15, 0.2) is 0 Å². The predicted octanol–water partition coefficient (Wildman–Crippen LogP) is 3.23. The highest BCUT2D eigenvalue weighted by atomic mass is 16.5. The molecule has 2 aromatic carbocycles. The van der Waals surface area contributed by atoms with Crippen molar-refractivity contribution in [2.45, 2.75) is 12.8 Å². The number of fused-ring (bicyclic) bond motifs is 1. The summed E-state index contributed by atoms with van der Waals surface area (Å²) >= 11 is 0. The normalized spacial score (nSPS) is 15.0. The maximum absolute atomic E-state index is 12.5. The van der Waals surface area contributed by atoms with Gasteiger partial charge >= 0.3 is 0 Å². The van der Waals surface area contributed by atoms with E-state index in [0.717, 1.165) is 61.4 Å². The Balaban J connectivity index is 1.32. The summed E-state index contributed by atoms with van der Waals surface area (Å²) in [7, 11) is 2.01. The standard InChI is InChI=1S/C23H27N3O2/c1-25-17-19(21-4-2-3-5-22(21)25)16-23(27)24-20-8-6-18(7-9-20)10-11-26-12-14-28-15-13-26/h2-9,17H,10-16H2,1H3,(H,24,27). The second-order valence-corrected chi connectivity index (χ2v) is 7.41. The van der Waals surface area contributed by atoms with E-state index in [1.54, 1.807) is 0 Å². The molecule has 5 nitrogen and oxygen atoms in total. The summed E-state index contributed by atoms with van der Waals surface area (Å²) in [4.78, 5) is 14.9. The summed E-state index contributed by atoms with van der Waals surface area (Å²) in [6, 6.07) is 16.4. The van der Waals surface area contributed by atoms with Crippen molar-refractivity contribution in [3.05, 3.63) is 65.9 Å². The number of rotatable bonds is 6. The number of amides is 1. The minimum absolute atomic E-state index is 0.0115. The van der Waals surface area contributed by atoms with Crippen LogP contribution in [0.3, 0.4) is 0 Å². The first-order chi connectivity index (χ1) is 13.7. The van der Waals surface area contributed by atoms with Gasteiger partial charge in [-0.05, 0) is 35.7 Å². The molecular formula is C23H27N3O2. The Bertz CT molecular complexity index is 940. The maximum atomic E-state index is 12.5. The Kier molecular flexibility index (Phi) is 5.74. The Morgan fingerprint density at radius 1 is 1.07 bits per heavy atom. The number of para-hydroxylation sites is 1. The van der Waals surface area contributed by atoms with E-state index in [-0.39, 0.29) is 5.91 Å². The number of nitrogens with zero attached hydrogens (tertiary/aromatic N) is 2. The fourth-order valence-electron chi connectivity index (χ4n) is 3.81. The van der Waals surface area contributed by atoms with E-state index in [1.807, 2.05) is 37.5 Å². The minimum Gasteiger partial charge on any atom is -0.379 e. The van der Waals surface area contributed by atoms with Crippen molar-refractivity contribution in [3.8, 4) is 0 Å². The van der Waals surface area contributed by atoms with Gasteiger partial charge in [0.05, 0.1) is 19.6 Å². The molecule has 5 heteroatoms. The Morgan fingerprint density at radius 2 is 1.82 bits per heavy atom. The number of aromatic nitrogens is 1. The van der Waals surface area contributed by atoms with Crippen molar-refractivity contribution in [3.63, 3.8) is 0 Å². The van der Waals surface area contributed by atoms with Gasteiger partial charge in [0.25, 0.3) is 0 Å². The third kappa shape index (κ3) is 4.43. The monoisotopic (exact) mass is 377 g/mol. The second-order valence-electron chi connectivity index (χ2n) is 7.41. The molecule has 1 amide bonds. The van der Waals surface area contributed by atoms with Crippen LogP contribution in [0.4, 0.5) is 5.69 Å². The average Bonchev–Trinajstić information content (AvgIpc) is 3.04. The molecule has 0 saturated carbocycles. The molecule has 0 bridgehead atoms. The van der Waals surface area contributed by atoms with Gasteiger partial charge in [0.1, 0.15) is 0 Å². The summed E-state index contributed by atoms with van der Waals surface area (Å²) in [6.07, 6.45) is 3.43. The van der Waals surface area contributed by atoms with Crippen LogP contribution in [0.15, 0.2) is 54.7 Å². The van der Waals surface area contributed by atoms with E-state index < -0.39 is 0 Å². The first-order valence-corrected chi connectivity index (χ1v) is 9.91. The summed E-state index contributed by atoms with van der Waals surface area (Å²) in [5, 5.41) is 4.16. The van der Waals surface area contributed by atoms with Gasteiger partial charge in [-0.2, -0.15) is 0 Å². The number of anilines is 1. The van der Waals surface area contributed by atoms with E-state index in [1.165, 1.54) is 5.56 Å². The van der Waals surface area contributed by atoms with Crippen LogP contribution < -0.4 is 5.32 Å². The number of aryl methyl sites for hydroxylation is 1. The lowest BCUT2D eigenvalue weighted by Gasteiger charge is -2.26. The number of carbonyl (C=O) groups is 1. The first-order valence-electron chi connectivity index (χ1n) is 9.91. The highest BCUT2D eigenvalue weighted by molar-refractivity contribution is 5.95. The zero-order valence-corrected chi connectivity index (χ0v) is 16.4. The third-order valence-corrected chi connectivity index (χ3v) is 5.39. The van der Waals surface area contributed by atoms with Crippen LogP contribution in [0.2, 0.25) is 0 Å². The van der Waals surface area contributed by atoms with E-state index in [9.17, 15) is 4.79 Å². The molecule has 0 unspecified atom stereocenters. The summed E-state index contributed by atoms with van der Waals surface area (Å²) in [5.41, 5.74) is 4.34. The largest absolute Gasteiger partial charge is 0.379 e. The molecule has 2 heterocycles. The Morgan fingerprint density at radius 3 is 2.61 bits per heavy atom. The van der Waals surface area contributed by atoms with Crippen LogP contribution >= 0.6 is 0 Å². The smallest absolute Gasteiger partial charge is 0.228 e. The van der Waals surface area contributed by atoms with Crippen molar-refractivity contribution in [1.29, 1.82) is 0 Å². The molecule has 1 aliphatic heterocycles. The lowest BCUT2D eigenvalue weighted by molar-refractivity contribution is -0.115. The lowest BCUT2D eigenvalue weighted by Crippen LogP contribution is -2.37. The summed E-state index contributed by atoms with van der Waals surface area (Å²) < 4.78 is 7.46. The molecular weight excluding hydrogens is 350 g/mol. The molecule has 3 aromatic rings. The number of nitrogens with one attached hydrogen (secondary N) is 1. The van der Waals surface area contributed by atoms with Gasteiger partial charge in [-0.1, -0.05) is 30.3 Å². The molecule has 28 heavy (non-hydrogen) atoms. The molecule has 1 fully saturated rings. The number of hydrogen-bond donors (Lipinski definition) is 1. The highest BCUT2D eigenvalue weighted by Gasteiger charge is 2.12. The number of morpholine rings is 1. The average molecular weight is 377 g/mol. The fraction of sp³-hybridized carbons (Fsp3) is 0.348. The molecule has 1 aliphatic rings. The topological polar surface area (TPSA) is 46.5 Å². The van der Waals surface area contributed by atoms with Crippen molar-refractivity contribution in [2.24, 2.45) is 7.05 Å². The molecule has 0 radical (unpaired) electrons. The van der Waals surface area contributed by atoms with Gasteiger partial charge < -0.3 is 14.6 Å². The van der Waals surface area contributed by atoms with Crippen LogP contribution in [0.1, 0.15) is 11.1 Å². The molecule has 0 atom stereocenters. The van der Waals surface area contributed by atoms with Crippen LogP contribution in [-0.4, -0.2) is 48.2 Å². The molecule has 1 saturated heterocycles. The molecule has 0 aliphatic carbocycles. The number of hydrogen-bond acceptors (Lipinski definition) is 3. The first kappa shape index (κ1) is 18.7. The molecule has 4 rings (SSSR count). The van der Waals surface area contributed by atoms with Crippen molar-refractivity contribution < 1.29 is 9.53 Å². The number of carbonyl (C=O) groups excluding carboxylic acids is 1. The van der Waals surface area contributed by atoms with Crippen LogP contribution in [0, 0.1) is 0 Å². The van der Waals surface area contributed by atoms with Gasteiger partial charge in [-0.3, -0.25) is 9.69 Å². The number of ether oxygens (including phenoxy) is 1. The van der Waals surface area contributed by atoms with E-state index >= 15 is 0 Å². The maximum Gasteiger partial charge on any atom is 0.228 e. The molecule has 0 spiro atoms. The SMILES string of the molecule is Cn1cc(CC(=O)Nc2ccc(CCN3CCOCC3)cc2)c2ccccc21. The van der Waals surface area contributed by atoms with Crippen LogP contribution in [0.25, 0.3) is 10.9 Å². The third-order valence-electron chi connectivity index (χ3n) is 5.39. The lowest BCUT2D eigenvalue weighted by atomic mass is 10.1. The summed E-state index contributed by atoms with van der Waals surface area (Å²) in [5.74, 6) is 0.0115. The van der Waals surface area contributed by atoms with Gasteiger partial charge in [-0.25, -0.2) is 0 Å². The van der Waals surface area contributed by atoms with Crippen molar-refractivity contribution >= 4 is 22.5 Å². The quantitative estimate of drug-likeness (QED) is 0.717. The molecule has 146 valence electrons. The zero-order chi connectivity index (χ0) is 19.3. The molecule has 1 N–H and O–H groups in total. The molecule has 1 aromatic heterocycles. The zero-order valence-electron chi connectivity index (χ0n) is 16.4. The van der Waals surface area contributed by atoms with Crippen LogP contribution in [0.5, 0.6) is 0 Å². The van der Waals surface area contributed by atoms with E-state index in [0.29, 0.717) is 6.42 Å². The van der Waals surface area contributed by atoms with Crippen molar-refractivity contribution in [1.82, 2.24) is 9.47 Å². The fourth-order valence-corrected chi connectivity index (χ4v) is 3.81. The minimum atomic E-state index is 0.0115. The predicted molar refractivity (Wildman–Crippen MR) is 113 cm³/mol. The highest BCUT2D eigenvalue weighted by Crippen LogP contribution is 2.21. The van der Waals surface area contributed by atoms with E-state index in [4.69, 9.17) is 4.74 Å². The van der Waals surface area contributed by atoms with Gasteiger partial charge in [0.2, 0.25) is 5.91 Å². The van der Waals surface area contributed by atoms with Gasteiger partial charge in [0, 0.05) is 49.5 Å². The summed E-state index contributed by atoms with van der Waals surface area (Å²) in [6.45, 7) is 4.75.